The Kier molecular flexibility index (Phi) is 3.83. The van der Waals surface area contributed by atoms with E-state index in [9.17, 15) is 4.79 Å². The smallest absolute Gasteiger partial charge is 0.243 e. The predicted molar refractivity (Wildman–Crippen MR) is 105 cm³/mol. The highest BCUT2D eigenvalue weighted by Crippen LogP contribution is 2.50. The minimum Gasteiger partial charge on any atom is -0.324 e. The van der Waals surface area contributed by atoms with Gasteiger partial charge in [-0.1, -0.05) is 57.2 Å². The van der Waals surface area contributed by atoms with E-state index >= 15 is 0 Å². The van der Waals surface area contributed by atoms with E-state index in [4.69, 9.17) is 0 Å². The van der Waals surface area contributed by atoms with Gasteiger partial charge in [0.2, 0.25) is 5.91 Å². The summed E-state index contributed by atoms with van der Waals surface area (Å²) in [6, 6.07) is 12.0. The lowest BCUT2D eigenvalue weighted by molar-refractivity contribution is -0.118. The van der Waals surface area contributed by atoms with E-state index < -0.39 is 5.41 Å². The van der Waals surface area contributed by atoms with Crippen molar-refractivity contribution >= 4 is 11.6 Å². The van der Waals surface area contributed by atoms with Crippen LogP contribution < -0.4 is 5.32 Å². The molecule has 1 aliphatic heterocycles. The second-order valence-electron chi connectivity index (χ2n) is 8.11. The molecule has 2 aliphatic rings. The Labute approximate surface area is 154 Å². The lowest BCUT2D eigenvalue weighted by Crippen LogP contribution is -2.38. The topological polar surface area (TPSA) is 42.0 Å². The van der Waals surface area contributed by atoms with E-state index in [-0.39, 0.29) is 11.3 Å². The molecule has 0 saturated carbocycles. The molecule has 1 aromatic heterocycles. The van der Waals surface area contributed by atoms with Crippen LogP contribution >= 0.6 is 0 Å². The fraction of sp³-hybridized carbons (Fsp3) is 0.304. The summed E-state index contributed by atoms with van der Waals surface area (Å²) in [6.07, 6.45) is 9.97. The average molecular weight is 344 g/mol. The number of amides is 1. The maximum absolute atomic E-state index is 13.4. The zero-order valence-corrected chi connectivity index (χ0v) is 15.5. The van der Waals surface area contributed by atoms with Gasteiger partial charge in [-0.15, -0.1) is 0 Å². The number of para-hydroxylation sites is 1. The predicted octanol–water partition coefficient (Wildman–Crippen LogP) is 5.01. The summed E-state index contributed by atoms with van der Waals surface area (Å²) in [5, 5.41) is 3.11. The zero-order valence-electron chi connectivity index (χ0n) is 15.5. The van der Waals surface area contributed by atoms with Gasteiger partial charge in [0.05, 0.1) is 0 Å². The molecular formula is C23H24N2O. The van der Waals surface area contributed by atoms with Gasteiger partial charge >= 0.3 is 0 Å². The fourth-order valence-electron chi connectivity index (χ4n) is 4.15. The fourth-order valence-corrected chi connectivity index (χ4v) is 4.15. The Morgan fingerprint density at radius 3 is 2.65 bits per heavy atom. The molecule has 0 radical (unpaired) electrons. The van der Waals surface area contributed by atoms with Gasteiger partial charge in [-0.05, 0) is 52.7 Å². The number of carbonyl (C=O) groups excluding carboxylic acids is 1. The second kappa shape index (κ2) is 5.94. The maximum atomic E-state index is 13.4. The van der Waals surface area contributed by atoms with Gasteiger partial charge in [-0.3, -0.25) is 9.78 Å². The molecule has 1 amide bonds. The van der Waals surface area contributed by atoms with Crippen LogP contribution in [0.5, 0.6) is 0 Å². The Hall–Kier alpha value is -2.68. The average Bonchev–Trinajstić information content (AvgIpc) is 2.94. The van der Waals surface area contributed by atoms with Crippen LogP contribution in [0.2, 0.25) is 0 Å². The number of pyridine rings is 1. The van der Waals surface area contributed by atoms with Crippen LogP contribution in [0.3, 0.4) is 0 Å². The van der Waals surface area contributed by atoms with Gasteiger partial charge in [-0.25, -0.2) is 0 Å². The number of hydrogen-bond donors (Lipinski definition) is 1. The number of carbonyl (C=O) groups is 1. The molecule has 132 valence electrons. The van der Waals surface area contributed by atoms with E-state index in [1.54, 1.807) is 6.20 Å². The number of nitrogens with zero attached hydrogens (tertiary/aromatic N) is 1. The second-order valence-corrected chi connectivity index (χ2v) is 8.11. The Morgan fingerprint density at radius 2 is 1.92 bits per heavy atom. The van der Waals surface area contributed by atoms with Gasteiger partial charge in [0.15, 0.2) is 0 Å². The Bertz CT molecular complexity index is 919. The van der Waals surface area contributed by atoms with E-state index in [1.165, 1.54) is 5.57 Å². The largest absolute Gasteiger partial charge is 0.324 e. The van der Waals surface area contributed by atoms with Crippen molar-refractivity contribution < 1.29 is 4.79 Å². The first-order valence-electron chi connectivity index (χ1n) is 9.17. The molecule has 0 spiro atoms. The summed E-state index contributed by atoms with van der Waals surface area (Å²) in [4.78, 5) is 17.7. The molecule has 1 N–H and O–H groups in total. The number of anilines is 1. The van der Waals surface area contributed by atoms with E-state index in [0.717, 1.165) is 35.2 Å². The summed E-state index contributed by atoms with van der Waals surface area (Å²) in [6.45, 7) is 6.66. The van der Waals surface area contributed by atoms with Crippen molar-refractivity contribution in [3.63, 3.8) is 0 Å². The van der Waals surface area contributed by atoms with Crippen molar-refractivity contribution in [3.05, 3.63) is 83.2 Å². The molecule has 1 unspecified atom stereocenters. The van der Waals surface area contributed by atoms with Gasteiger partial charge in [0.1, 0.15) is 5.41 Å². The molecular weight excluding hydrogens is 320 g/mol. The first-order chi connectivity index (χ1) is 12.4. The van der Waals surface area contributed by atoms with Crippen LogP contribution in [0.1, 0.15) is 44.7 Å². The van der Waals surface area contributed by atoms with Gasteiger partial charge < -0.3 is 5.32 Å². The Balaban J connectivity index is 1.99. The van der Waals surface area contributed by atoms with Crippen LogP contribution in [0.25, 0.3) is 0 Å². The quantitative estimate of drug-likeness (QED) is 0.832. The molecule has 2 heterocycles. The monoisotopic (exact) mass is 344 g/mol. The Morgan fingerprint density at radius 1 is 1.12 bits per heavy atom. The highest BCUT2D eigenvalue weighted by atomic mass is 16.2. The van der Waals surface area contributed by atoms with Crippen LogP contribution in [0.15, 0.2) is 72.1 Å². The van der Waals surface area contributed by atoms with Crippen LogP contribution in [-0.4, -0.2) is 10.9 Å². The summed E-state index contributed by atoms with van der Waals surface area (Å²) in [5.41, 5.74) is 4.56. The highest BCUT2D eigenvalue weighted by molar-refractivity contribution is 6.11. The van der Waals surface area contributed by atoms with Crippen LogP contribution in [0.4, 0.5) is 5.69 Å². The molecule has 1 aromatic carbocycles. The van der Waals surface area contributed by atoms with Crippen molar-refractivity contribution in [1.29, 1.82) is 0 Å². The van der Waals surface area contributed by atoms with E-state index in [1.807, 2.05) is 36.5 Å². The van der Waals surface area contributed by atoms with Crippen molar-refractivity contribution in [2.24, 2.45) is 5.41 Å². The minimum absolute atomic E-state index is 0.0214. The number of allylic oxidation sites excluding steroid dienone is 3. The number of fused-ring (bicyclic) bond motifs is 1. The molecule has 1 aliphatic carbocycles. The highest BCUT2D eigenvalue weighted by Gasteiger charge is 2.51. The third kappa shape index (κ3) is 2.42. The maximum Gasteiger partial charge on any atom is 0.243 e. The first-order valence-corrected chi connectivity index (χ1v) is 9.17. The molecule has 3 nitrogen and oxygen atoms in total. The number of benzene rings is 1. The zero-order chi connectivity index (χ0) is 18.4. The normalized spacial score (nSPS) is 22.3. The number of hydrogen-bond acceptors (Lipinski definition) is 2. The molecule has 0 bridgehead atoms. The summed E-state index contributed by atoms with van der Waals surface area (Å²) in [7, 11) is 0. The summed E-state index contributed by atoms with van der Waals surface area (Å²) >= 11 is 0. The van der Waals surface area contributed by atoms with Gasteiger partial charge in [0.25, 0.3) is 0 Å². The third-order valence-electron chi connectivity index (χ3n) is 5.47. The standard InChI is InChI=1S/C23H24N2O/c1-22(2,3)16-8-6-9-17(14-16)23(18-10-7-13-24-15-18)19-11-4-5-12-20(19)25-21(23)26/h4-5,7-8,10-15H,6,9H2,1-3H3,(H,25,26). The van der Waals surface area contributed by atoms with E-state index in [0.29, 0.717) is 0 Å². The number of rotatable bonds is 2. The first kappa shape index (κ1) is 16.8. The number of aromatic nitrogens is 1. The minimum atomic E-state index is -0.796. The number of nitrogens with one attached hydrogen (secondary N) is 1. The van der Waals surface area contributed by atoms with E-state index in [2.05, 4.69) is 49.3 Å². The molecule has 3 heteroatoms. The van der Waals surface area contributed by atoms with Gasteiger partial charge in [0, 0.05) is 18.1 Å². The SMILES string of the molecule is CC(C)(C)C1=CCCC(C2(c3cccnc3)C(=O)Nc3ccccc32)=C1. The molecule has 1 atom stereocenters. The summed E-state index contributed by atoms with van der Waals surface area (Å²) < 4.78 is 0. The van der Waals surface area contributed by atoms with Crippen molar-refractivity contribution in [1.82, 2.24) is 4.98 Å². The van der Waals surface area contributed by atoms with Gasteiger partial charge in [-0.2, -0.15) is 0 Å². The molecule has 0 saturated heterocycles. The molecule has 2 aromatic rings. The molecule has 26 heavy (non-hydrogen) atoms. The third-order valence-corrected chi connectivity index (χ3v) is 5.47. The lowest BCUT2D eigenvalue weighted by atomic mass is 9.66. The molecule has 4 rings (SSSR count). The van der Waals surface area contributed by atoms with Crippen molar-refractivity contribution in [3.8, 4) is 0 Å². The lowest BCUT2D eigenvalue weighted by Gasteiger charge is -2.34. The molecule has 0 fully saturated rings. The van der Waals surface area contributed by atoms with Crippen molar-refractivity contribution in [2.75, 3.05) is 5.32 Å². The summed E-state index contributed by atoms with van der Waals surface area (Å²) in [5.74, 6) is 0.0214. The van der Waals surface area contributed by atoms with Crippen LogP contribution in [0, 0.1) is 5.41 Å². The van der Waals surface area contributed by atoms with Crippen molar-refractivity contribution in [2.45, 2.75) is 39.0 Å². The van der Waals surface area contributed by atoms with Crippen LogP contribution in [-0.2, 0) is 10.2 Å².